The van der Waals surface area contributed by atoms with E-state index in [0.29, 0.717) is 5.56 Å². The van der Waals surface area contributed by atoms with E-state index >= 15 is 0 Å². The van der Waals surface area contributed by atoms with Gasteiger partial charge >= 0.3 is 0 Å². The maximum Gasteiger partial charge on any atom is 0.269 e. The zero-order chi connectivity index (χ0) is 13.3. The van der Waals surface area contributed by atoms with Crippen molar-refractivity contribution in [1.82, 2.24) is 10.9 Å². The average molecular weight is 376 g/mol. The van der Waals surface area contributed by atoms with E-state index in [0.717, 1.165) is 10.9 Å². The van der Waals surface area contributed by atoms with Crippen LogP contribution in [0.5, 0.6) is 0 Å². The molecule has 0 saturated heterocycles. The first-order valence-electron chi connectivity index (χ1n) is 5.44. The van der Waals surface area contributed by atoms with Gasteiger partial charge in [-0.1, -0.05) is 31.9 Å². The Balaban J connectivity index is 1.89. The topological polar surface area (TPSA) is 58.2 Å². The van der Waals surface area contributed by atoms with E-state index in [4.69, 9.17) is 0 Å². The summed E-state index contributed by atoms with van der Waals surface area (Å²) in [4.78, 5) is 23.7. The van der Waals surface area contributed by atoms with Gasteiger partial charge in [-0.05, 0) is 37.6 Å². The summed E-state index contributed by atoms with van der Waals surface area (Å²) in [6.07, 6.45) is 0.785. The zero-order valence-electron chi connectivity index (χ0n) is 9.67. The molecule has 2 atom stereocenters. The molecule has 0 bridgehead atoms. The van der Waals surface area contributed by atoms with E-state index < -0.39 is 5.41 Å². The van der Waals surface area contributed by atoms with Crippen LogP contribution in [0, 0.1) is 5.41 Å². The molecular weight excluding hydrogens is 364 g/mol. The van der Waals surface area contributed by atoms with Crippen LogP contribution in [0.25, 0.3) is 0 Å². The van der Waals surface area contributed by atoms with Crippen molar-refractivity contribution in [1.29, 1.82) is 0 Å². The molecule has 2 unspecified atom stereocenters. The molecule has 96 valence electrons. The molecule has 1 fully saturated rings. The highest BCUT2D eigenvalue weighted by atomic mass is 79.9. The molecule has 2 rings (SSSR count). The lowest BCUT2D eigenvalue weighted by atomic mass is 10.1. The third kappa shape index (κ3) is 2.75. The van der Waals surface area contributed by atoms with E-state index in [-0.39, 0.29) is 16.6 Å². The van der Waals surface area contributed by atoms with Gasteiger partial charge in [0.2, 0.25) is 5.91 Å². The van der Waals surface area contributed by atoms with Gasteiger partial charge in [0, 0.05) is 14.9 Å². The van der Waals surface area contributed by atoms with Gasteiger partial charge in [-0.2, -0.15) is 0 Å². The molecule has 6 heteroatoms. The van der Waals surface area contributed by atoms with Crippen LogP contribution in [0.3, 0.4) is 0 Å². The number of benzene rings is 1. The molecule has 2 amide bonds. The van der Waals surface area contributed by atoms with Crippen LogP contribution in [-0.4, -0.2) is 16.6 Å². The van der Waals surface area contributed by atoms with E-state index in [9.17, 15) is 9.59 Å². The van der Waals surface area contributed by atoms with Gasteiger partial charge in [0.15, 0.2) is 0 Å². The van der Waals surface area contributed by atoms with Gasteiger partial charge < -0.3 is 0 Å². The minimum Gasteiger partial charge on any atom is -0.273 e. The summed E-state index contributed by atoms with van der Waals surface area (Å²) in [5.41, 5.74) is 4.94. The van der Waals surface area contributed by atoms with Gasteiger partial charge in [0.1, 0.15) is 0 Å². The second-order valence-corrected chi connectivity index (χ2v) is 6.53. The zero-order valence-corrected chi connectivity index (χ0v) is 12.8. The van der Waals surface area contributed by atoms with Crippen molar-refractivity contribution in [2.75, 3.05) is 0 Å². The number of hydrogen-bond acceptors (Lipinski definition) is 2. The average Bonchev–Trinajstić information content (AvgIpc) is 2.96. The minimum atomic E-state index is -0.410. The quantitative estimate of drug-likeness (QED) is 0.615. The number of alkyl halides is 1. The standard InChI is InChI=1S/C12H12Br2N2O2/c1-12(6-9(12)14)11(18)16-15-10(17)7-2-4-8(13)5-3-7/h2-5,9H,6H2,1H3,(H,15,17)(H,16,18). The summed E-state index contributed by atoms with van der Waals surface area (Å²) < 4.78 is 0.899. The van der Waals surface area contributed by atoms with Crippen molar-refractivity contribution in [3.05, 3.63) is 34.3 Å². The molecular formula is C12H12Br2N2O2. The van der Waals surface area contributed by atoms with Crippen molar-refractivity contribution in [2.24, 2.45) is 5.41 Å². The first-order valence-corrected chi connectivity index (χ1v) is 7.15. The Morgan fingerprint density at radius 2 is 1.83 bits per heavy atom. The predicted octanol–water partition coefficient (Wildman–Crippen LogP) is 2.38. The van der Waals surface area contributed by atoms with Crippen LogP contribution in [0.2, 0.25) is 0 Å². The van der Waals surface area contributed by atoms with Gasteiger partial charge in [0.25, 0.3) is 5.91 Å². The number of hydrazine groups is 1. The number of halogens is 2. The Bertz CT molecular complexity index is 489. The van der Waals surface area contributed by atoms with Crippen molar-refractivity contribution in [3.8, 4) is 0 Å². The number of amides is 2. The third-order valence-corrected chi connectivity index (χ3v) is 4.91. The SMILES string of the molecule is CC1(C(=O)NNC(=O)c2ccc(Br)cc2)CC1Br. The molecule has 1 aliphatic rings. The maximum absolute atomic E-state index is 11.8. The maximum atomic E-state index is 11.8. The lowest BCUT2D eigenvalue weighted by Crippen LogP contribution is -2.45. The Labute approximate surface area is 122 Å². The molecule has 18 heavy (non-hydrogen) atoms. The summed E-state index contributed by atoms with van der Waals surface area (Å²) >= 11 is 6.68. The molecule has 1 aromatic rings. The molecule has 0 radical (unpaired) electrons. The summed E-state index contributed by atoms with van der Waals surface area (Å²) in [5.74, 6) is -0.499. The predicted molar refractivity (Wildman–Crippen MR) is 75.2 cm³/mol. The number of nitrogens with one attached hydrogen (secondary N) is 2. The fourth-order valence-corrected chi connectivity index (χ4v) is 2.62. The van der Waals surface area contributed by atoms with Crippen LogP contribution in [-0.2, 0) is 4.79 Å². The Morgan fingerprint density at radius 3 is 2.33 bits per heavy atom. The number of hydrogen-bond donors (Lipinski definition) is 2. The number of carbonyl (C=O) groups is 2. The fourth-order valence-electron chi connectivity index (χ4n) is 1.48. The lowest BCUT2D eigenvalue weighted by Gasteiger charge is -2.11. The summed E-state index contributed by atoms with van der Waals surface area (Å²) in [5, 5.41) is 0. The molecule has 0 aromatic heterocycles. The second-order valence-electron chi connectivity index (χ2n) is 4.50. The summed E-state index contributed by atoms with van der Waals surface area (Å²) in [6, 6.07) is 6.90. The van der Waals surface area contributed by atoms with Crippen LogP contribution < -0.4 is 10.9 Å². The van der Waals surface area contributed by atoms with Gasteiger partial charge in [-0.15, -0.1) is 0 Å². The van der Waals surface area contributed by atoms with Gasteiger partial charge in [-0.25, -0.2) is 0 Å². The second kappa shape index (κ2) is 5.01. The fraction of sp³-hybridized carbons (Fsp3) is 0.333. The largest absolute Gasteiger partial charge is 0.273 e. The van der Waals surface area contributed by atoms with Gasteiger partial charge in [-0.3, -0.25) is 20.4 Å². The first kappa shape index (κ1) is 13.5. The van der Waals surface area contributed by atoms with Crippen molar-refractivity contribution < 1.29 is 9.59 Å². The number of carbonyl (C=O) groups excluding carboxylic acids is 2. The van der Waals surface area contributed by atoms with Crippen molar-refractivity contribution in [3.63, 3.8) is 0 Å². The highest BCUT2D eigenvalue weighted by Gasteiger charge is 2.54. The number of rotatable bonds is 2. The van der Waals surface area contributed by atoms with Crippen LogP contribution in [0.15, 0.2) is 28.7 Å². The molecule has 1 aromatic carbocycles. The summed E-state index contributed by atoms with van der Waals surface area (Å²) in [7, 11) is 0. The highest BCUT2D eigenvalue weighted by molar-refractivity contribution is 9.10. The molecule has 0 aliphatic heterocycles. The van der Waals surface area contributed by atoms with E-state index in [1.54, 1.807) is 24.3 Å². The molecule has 4 nitrogen and oxygen atoms in total. The minimum absolute atomic E-state index is 0.171. The smallest absolute Gasteiger partial charge is 0.269 e. The lowest BCUT2D eigenvalue weighted by molar-refractivity contribution is -0.126. The van der Waals surface area contributed by atoms with Crippen molar-refractivity contribution in [2.45, 2.75) is 18.2 Å². The van der Waals surface area contributed by atoms with Crippen LogP contribution in [0.1, 0.15) is 23.7 Å². The van der Waals surface area contributed by atoms with Crippen LogP contribution >= 0.6 is 31.9 Å². The Kier molecular flexibility index (Phi) is 3.77. The normalized spacial score (nSPS) is 25.4. The van der Waals surface area contributed by atoms with Crippen molar-refractivity contribution >= 4 is 43.7 Å². The van der Waals surface area contributed by atoms with E-state index in [1.165, 1.54) is 0 Å². The van der Waals surface area contributed by atoms with Crippen LogP contribution in [0.4, 0.5) is 0 Å². The summed E-state index contributed by atoms with van der Waals surface area (Å²) in [6.45, 7) is 1.85. The molecule has 1 saturated carbocycles. The molecule has 2 N–H and O–H groups in total. The van der Waals surface area contributed by atoms with E-state index in [1.807, 2.05) is 6.92 Å². The third-order valence-electron chi connectivity index (χ3n) is 3.05. The van der Waals surface area contributed by atoms with E-state index in [2.05, 4.69) is 42.7 Å². The molecule has 1 aliphatic carbocycles. The highest BCUT2D eigenvalue weighted by Crippen LogP contribution is 2.51. The first-order chi connectivity index (χ1) is 8.43. The monoisotopic (exact) mass is 374 g/mol. The van der Waals surface area contributed by atoms with Gasteiger partial charge in [0.05, 0.1) is 5.41 Å². The molecule has 0 heterocycles. The Morgan fingerprint density at radius 1 is 1.28 bits per heavy atom. The Hall–Kier alpha value is -0.880. The molecule has 0 spiro atoms.